The van der Waals surface area contributed by atoms with Gasteiger partial charge in [-0.15, -0.1) is 0 Å². The van der Waals surface area contributed by atoms with E-state index in [0.717, 1.165) is 6.08 Å². The Hall–Kier alpha value is -1.08. The normalized spacial score (nSPS) is 12.6. The Balaban J connectivity index is 0. The van der Waals surface area contributed by atoms with E-state index < -0.39 is 24.9 Å². The Kier molecular flexibility index (Phi) is 4.87. The summed E-state index contributed by atoms with van der Waals surface area (Å²) < 4.78 is 69.2. The van der Waals surface area contributed by atoms with Gasteiger partial charge in [0.1, 0.15) is 0 Å². The second-order valence-corrected chi connectivity index (χ2v) is 2.11. The van der Waals surface area contributed by atoms with Crippen molar-refractivity contribution in [2.24, 2.45) is 0 Å². The van der Waals surface area contributed by atoms with Gasteiger partial charge in [-0.2, -0.15) is 26.3 Å². The van der Waals surface area contributed by atoms with Gasteiger partial charge in [-0.25, -0.2) is 10.2 Å². The minimum absolute atomic E-state index is 0.406. The van der Waals surface area contributed by atoms with Crippen molar-refractivity contribution in [3.05, 3.63) is 0 Å². The van der Waals surface area contributed by atoms with Crippen LogP contribution >= 0.6 is 0 Å². The molecule has 0 saturated heterocycles. The zero-order valence-electron chi connectivity index (χ0n) is 6.62. The van der Waals surface area contributed by atoms with Crippen LogP contribution in [0.4, 0.5) is 26.3 Å². The lowest BCUT2D eigenvalue weighted by molar-refractivity contribution is -0.379. The molecule has 0 amide bonds. The van der Waals surface area contributed by atoms with E-state index in [1.54, 1.807) is 0 Å². The molecule has 0 rings (SSSR count). The van der Waals surface area contributed by atoms with Crippen LogP contribution in [0.15, 0.2) is 0 Å². The Morgan fingerprint density at radius 2 is 1.36 bits per heavy atom. The van der Waals surface area contributed by atoms with Crippen molar-refractivity contribution in [3.8, 4) is 0 Å². The molecule has 0 unspecified atom stereocenters. The molecule has 0 aromatic rings. The molecule has 0 aliphatic heterocycles. The summed E-state index contributed by atoms with van der Waals surface area (Å²) in [6.07, 6.45) is -4.95. The Bertz CT molecular complexity index is 195. The summed E-state index contributed by atoms with van der Waals surface area (Å²) in [5, 5.41) is 12.7. The lowest BCUT2D eigenvalue weighted by Gasteiger charge is -2.26. The summed E-state index contributed by atoms with van der Waals surface area (Å²) >= 11 is 0. The van der Waals surface area contributed by atoms with Gasteiger partial charge in [0.05, 0.1) is 0 Å². The van der Waals surface area contributed by atoms with E-state index in [1.807, 2.05) is 0 Å². The summed E-state index contributed by atoms with van der Waals surface area (Å²) in [6.45, 7) is -0.406. The van der Waals surface area contributed by atoms with Crippen molar-refractivity contribution >= 4 is 6.08 Å². The number of hydrogen-bond acceptors (Lipinski definition) is 3. The Morgan fingerprint density at radius 1 is 1.14 bits per heavy atom. The highest BCUT2D eigenvalue weighted by Gasteiger charge is 2.69. The Morgan fingerprint density at radius 3 is 1.36 bits per heavy atom. The highest BCUT2D eigenvalue weighted by Crippen LogP contribution is 2.43. The van der Waals surface area contributed by atoms with Crippen LogP contribution in [0.2, 0.25) is 0 Å². The van der Waals surface area contributed by atoms with Crippen molar-refractivity contribution in [1.82, 2.24) is 0 Å². The van der Waals surface area contributed by atoms with Crippen LogP contribution < -0.4 is 0 Å². The number of rotatable bonds is 2. The SMILES string of the molecule is CC(F)(F)C(F)(F)C(O)(F)F.N=C=O. The van der Waals surface area contributed by atoms with Crippen molar-refractivity contribution < 1.29 is 36.2 Å². The molecular formula is C5H5F6NO2. The average molecular weight is 225 g/mol. The number of hydrogen-bond donors (Lipinski definition) is 2. The fourth-order valence-corrected chi connectivity index (χ4v) is 0.264. The molecule has 84 valence electrons. The first-order chi connectivity index (χ1) is 5.91. The molecule has 0 spiro atoms. The van der Waals surface area contributed by atoms with Gasteiger partial charge in [-0.1, -0.05) is 0 Å². The largest absolute Gasteiger partial charge is 0.423 e. The van der Waals surface area contributed by atoms with Crippen LogP contribution in [0.5, 0.6) is 0 Å². The second-order valence-electron chi connectivity index (χ2n) is 2.11. The molecule has 0 aliphatic rings. The maximum Gasteiger partial charge on any atom is 0.423 e. The first-order valence-electron chi connectivity index (χ1n) is 2.81. The van der Waals surface area contributed by atoms with Crippen molar-refractivity contribution in [3.63, 3.8) is 0 Å². The number of isocyanates is 1. The van der Waals surface area contributed by atoms with E-state index in [4.69, 9.17) is 15.3 Å². The molecule has 9 heteroatoms. The molecule has 0 atom stereocenters. The molecule has 14 heavy (non-hydrogen) atoms. The monoisotopic (exact) mass is 225 g/mol. The van der Waals surface area contributed by atoms with E-state index in [9.17, 15) is 26.3 Å². The number of halogens is 6. The number of alkyl halides is 6. The molecule has 2 N–H and O–H groups in total. The summed E-state index contributed by atoms with van der Waals surface area (Å²) in [4.78, 5) is 8.35. The van der Waals surface area contributed by atoms with Crippen LogP contribution in [-0.4, -0.2) is 29.1 Å². The molecule has 0 radical (unpaired) electrons. The van der Waals surface area contributed by atoms with Crippen molar-refractivity contribution in [2.75, 3.05) is 0 Å². The molecular weight excluding hydrogens is 220 g/mol. The molecule has 0 saturated carbocycles. The zero-order valence-corrected chi connectivity index (χ0v) is 6.62. The van der Waals surface area contributed by atoms with Crippen LogP contribution in [0.1, 0.15) is 6.92 Å². The van der Waals surface area contributed by atoms with E-state index in [2.05, 4.69) is 0 Å². The summed E-state index contributed by atoms with van der Waals surface area (Å²) in [5.74, 6) is -10.7. The summed E-state index contributed by atoms with van der Waals surface area (Å²) in [6, 6.07) is 0. The molecule has 0 aromatic heterocycles. The van der Waals surface area contributed by atoms with Gasteiger partial charge < -0.3 is 5.11 Å². The van der Waals surface area contributed by atoms with E-state index in [-0.39, 0.29) is 0 Å². The quantitative estimate of drug-likeness (QED) is 0.427. The number of carbonyl (C=O) groups excluding carboxylic acids is 1. The molecule has 0 aromatic carbocycles. The molecule has 3 nitrogen and oxygen atoms in total. The topological polar surface area (TPSA) is 61.1 Å². The molecule has 0 fully saturated rings. The van der Waals surface area contributed by atoms with Crippen LogP contribution in [-0.2, 0) is 4.79 Å². The van der Waals surface area contributed by atoms with Gasteiger partial charge in [-0.05, 0) is 0 Å². The fraction of sp³-hybridized carbons (Fsp3) is 0.800. The van der Waals surface area contributed by atoms with Gasteiger partial charge in [0.25, 0.3) is 0 Å². The maximum absolute atomic E-state index is 11.7. The predicted octanol–water partition coefficient (Wildman–Crippen LogP) is 1.76. The smallest absolute Gasteiger partial charge is 0.331 e. The van der Waals surface area contributed by atoms with Crippen molar-refractivity contribution in [1.29, 1.82) is 5.41 Å². The highest BCUT2D eigenvalue weighted by atomic mass is 19.3. The van der Waals surface area contributed by atoms with Gasteiger partial charge in [-0.3, -0.25) is 0 Å². The molecule has 0 heterocycles. The average Bonchev–Trinajstić information content (AvgIpc) is 1.83. The van der Waals surface area contributed by atoms with Crippen LogP contribution in [0.25, 0.3) is 0 Å². The maximum atomic E-state index is 11.7. The second kappa shape index (κ2) is 4.43. The third-order valence-corrected chi connectivity index (χ3v) is 0.929. The lowest BCUT2D eigenvalue weighted by atomic mass is 10.2. The third kappa shape index (κ3) is 3.75. The zero-order chi connectivity index (χ0) is 12.2. The number of nitrogens with one attached hydrogen (secondary N) is 1. The highest BCUT2D eigenvalue weighted by molar-refractivity contribution is 5.26. The first kappa shape index (κ1) is 15.4. The fourth-order valence-electron chi connectivity index (χ4n) is 0.264. The first-order valence-corrected chi connectivity index (χ1v) is 2.81. The van der Waals surface area contributed by atoms with Crippen LogP contribution in [0, 0.1) is 5.41 Å². The van der Waals surface area contributed by atoms with E-state index >= 15 is 0 Å². The minimum atomic E-state index is -5.74. The van der Waals surface area contributed by atoms with Crippen molar-refractivity contribution in [2.45, 2.75) is 24.9 Å². The predicted molar refractivity (Wildman–Crippen MR) is 31.1 cm³/mol. The van der Waals surface area contributed by atoms with E-state index in [1.165, 1.54) is 0 Å². The number of aliphatic hydroxyl groups is 1. The van der Waals surface area contributed by atoms with E-state index in [0.29, 0.717) is 0 Å². The van der Waals surface area contributed by atoms with Crippen LogP contribution in [0.3, 0.4) is 0 Å². The Labute approximate surface area is 73.8 Å². The summed E-state index contributed by atoms with van der Waals surface area (Å²) in [7, 11) is 0. The standard InChI is InChI=1S/C4H4F6O.CHNO/c1-2(5,6)3(7,8)4(9,10)11;2-1-3/h11H,1H3;2H. The summed E-state index contributed by atoms with van der Waals surface area (Å²) in [5.41, 5.74) is 0. The van der Waals surface area contributed by atoms with Gasteiger partial charge in [0.15, 0.2) is 0 Å². The molecule has 0 aliphatic carbocycles. The minimum Gasteiger partial charge on any atom is -0.331 e. The van der Waals surface area contributed by atoms with Gasteiger partial charge in [0.2, 0.25) is 6.08 Å². The lowest BCUT2D eigenvalue weighted by Crippen LogP contribution is -2.52. The third-order valence-electron chi connectivity index (χ3n) is 0.929. The van der Waals surface area contributed by atoms with Gasteiger partial charge >= 0.3 is 18.0 Å². The van der Waals surface area contributed by atoms with Gasteiger partial charge in [0, 0.05) is 6.92 Å². The molecule has 0 bridgehead atoms.